The van der Waals surface area contributed by atoms with E-state index in [1.54, 1.807) is 12.4 Å². The van der Waals surface area contributed by atoms with Gasteiger partial charge in [0.15, 0.2) is 0 Å². The number of hydrogen-bond acceptors (Lipinski definition) is 4. The van der Waals surface area contributed by atoms with Crippen LogP contribution in [0.2, 0.25) is 0 Å². The van der Waals surface area contributed by atoms with Crippen molar-refractivity contribution in [1.29, 1.82) is 0 Å². The Morgan fingerprint density at radius 3 is 2.53 bits per heavy atom. The predicted octanol–water partition coefficient (Wildman–Crippen LogP) is 5.23. The van der Waals surface area contributed by atoms with Crippen LogP contribution >= 0.6 is 0 Å². The number of pyridine rings is 2. The summed E-state index contributed by atoms with van der Waals surface area (Å²) in [5, 5.41) is 5.88. The molecule has 2 aromatic carbocycles. The minimum absolute atomic E-state index is 0.0297. The molecule has 1 unspecified atom stereocenters. The molecule has 0 saturated carbocycles. The van der Waals surface area contributed by atoms with Crippen molar-refractivity contribution in [2.75, 3.05) is 18.0 Å². The fourth-order valence-electron chi connectivity index (χ4n) is 5.06. The van der Waals surface area contributed by atoms with Gasteiger partial charge in [-0.2, -0.15) is 0 Å². The van der Waals surface area contributed by atoms with Gasteiger partial charge in [0, 0.05) is 44.6 Å². The second-order valence-electron chi connectivity index (χ2n) is 9.51. The molecule has 5 rings (SSSR count). The summed E-state index contributed by atoms with van der Waals surface area (Å²) < 4.78 is 1.84. The van der Waals surface area contributed by atoms with Gasteiger partial charge in [0.1, 0.15) is 5.82 Å². The second-order valence-corrected chi connectivity index (χ2v) is 9.51. The lowest BCUT2D eigenvalue weighted by Crippen LogP contribution is -2.42. The molecular formula is C29H32N4O. The van der Waals surface area contributed by atoms with E-state index < -0.39 is 0 Å². The van der Waals surface area contributed by atoms with E-state index in [2.05, 4.69) is 65.4 Å². The van der Waals surface area contributed by atoms with Crippen LogP contribution in [0.4, 0.5) is 5.82 Å². The maximum Gasteiger partial charge on any atom is 0.260 e. The largest absolute Gasteiger partial charge is 0.354 e. The van der Waals surface area contributed by atoms with Crippen molar-refractivity contribution < 1.29 is 0 Å². The first-order chi connectivity index (χ1) is 16.5. The lowest BCUT2D eigenvalue weighted by Gasteiger charge is -2.30. The molecule has 1 atom stereocenters. The average Bonchev–Trinajstić information content (AvgIpc) is 3.33. The van der Waals surface area contributed by atoms with E-state index in [9.17, 15) is 4.79 Å². The van der Waals surface area contributed by atoms with Gasteiger partial charge in [-0.15, -0.1) is 0 Å². The van der Waals surface area contributed by atoms with Gasteiger partial charge in [-0.05, 0) is 64.6 Å². The Bertz CT molecular complexity index is 1360. The molecule has 1 aliphatic heterocycles. The highest BCUT2D eigenvalue weighted by atomic mass is 16.1. The summed E-state index contributed by atoms with van der Waals surface area (Å²) in [5.41, 5.74) is 3.67. The molecule has 0 radical (unpaired) electrons. The lowest BCUT2D eigenvalue weighted by atomic mass is 9.94. The summed E-state index contributed by atoms with van der Waals surface area (Å²) in [6.45, 7) is 6.23. The van der Waals surface area contributed by atoms with E-state index in [0.717, 1.165) is 59.4 Å². The Morgan fingerprint density at radius 2 is 1.76 bits per heavy atom. The van der Waals surface area contributed by atoms with Crippen LogP contribution in [0, 0.1) is 0 Å². The number of hydrogen-bond donors (Lipinski definition) is 1. The zero-order valence-electron chi connectivity index (χ0n) is 20.2. The topological polar surface area (TPSA) is 50.2 Å². The Balaban J connectivity index is 1.68. The molecule has 5 heteroatoms. The molecule has 1 fully saturated rings. The fraction of sp³-hybridized carbons (Fsp3) is 0.310. The first kappa shape index (κ1) is 22.4. The fourth-order valence-corrected chi connectivity index (χ4v) is 5.06. The highest BCUT2D eigenvalue weighted by molar-refractivity contribution is 5.91. The van der Waals surface area contributed by atoms with Gasteiger partial charge in [0.05, 0.1) is 5.56 Å². The van der Waals surface area contributed by atoms with E-state index >= 15 is 0 Å². The van der Waals surface area contributed by atoms with Gasteiger partial charge in [-0.1, -0.05) is 50.2 Å². The minimum atomic E-state index is 0.0297. The van der Waals surface area contributed by atoms with Crippen molar-refractivity contribution in [2.24, 2.45) is 7.05 Å². The van der Waals surface area contributed by atoms with Crippen molar-refractivity contribution in [3.8, 4) is 22.3 Å². The van der Waals surface area contributed by atoms with Crippen LogP contribution in [0.3, 0.4) is 0 Å². The number of rotatable bonds is 6. The van der Waals surface area contributed by atoms with Crippen molar-refractivity contribution >= 4 is 16.6 Å². The minimum Gasteiger partial charge on any atom is -0.354 e. The number of fused-ring (bicyclic) bond motifs is 1. The highest BCUT2D eigenvalue weighted by Crippen LogP contribution is 2.35. The average molecular weight is 453 g/mol. The summed E-state index contributed by atoms with van der Waals surface area (Å²) in [5.74, 6) is 0.981. The molecule has 0 bridgehead atoms. The number of nitrogens with zero attached hydrogens (tertiary/aromatic N) is 3. The standard InChI is InChI=1S/C29H32N4O/c1-20(2)31-19-25-9-6-16-33(25)27-18-26(22-12-14-30-15-13-22)28(29(34)32(27)3)24-11-10-21-7-4-5-8-23(21)17-24/h4-5,7-8,10-15,17-18,20,25,31H,6,9,16,19H2,1-3H3. The van der Waals surface area contributed by atoms with Crippen LogP contribution in [0.1, 0.15) is 26.7 Å². The monoisotopic (exact) mass is 452 g/mol. The highest BCUT2D eigenvalue weighted by Gasteiger charge is 2.28. The van der Waals surface area contributed by atoms with E-state index in [4.69, 9.17) is 0 Å². The van der Waals surface area contributed by atoms with Crippen molar-refractivity contribution in [3.63, 3.8) is 0 Å². The lowest BCUT2D eigenvalue weighted by molar-refractivity contribution is 0.519. The predicted molar refractivity (Wildman–Crippen MR) is 141 cm³/mol. The van der Waals surface area contributed by atoms with Crippen molar-refractivity contribution in [3.05, 3.63) is 83.4 Å². The SMILES string of the molecule is CC(C)NCC1CCCN1c1cc(-c2ccncc2)c(-c2ccc3ccccc3c2)c(=O)n1C. The molecule has 5 nitrogen and oxygen atoms in total. The van der Waals surface area contributed by atoms with Gasteiger partial charge < -0.3 is 10.2 Å². The third kappa shape index (κ3) is 4.24. The van der Waals surface area contributed by atoms with Crippen LogP contribution in [-0.2, 0) is 7.05 Å². The van der Waals surface area contributed by atoms with Gasteiger partial charge >= 0.3 is 0 Å². The zero-order valence-corrected chi connectivity index (χ0v) is 20.2. The second kappa shape index (κ2) is 9.43. The number of anilines is 1. The summed E-state index contributed by atoms with van der Waals surface area (Å²) in [4.78, 5) is 20.6. The Labute approximate surface area is 201 Å². The molecule has 174 valence electrons. The molecule has 3 heterocycles. The Morgan fingerprint density at radius 1 is 1.00 bits per heavy atom. The smallest absolute Gasteiger partial charge is 0.260 e. The molecule has 0 spiro atoms. The summed E-state index contributed by atoms with van der Waals surface area (Å²) >= 11 is 0. The van der Waals surface area contributed by atoms with Crippen molar-refractivity contribution in [2.45, 2.75) is 38.8 Å². The molecule has 1 saturated heterocycles. The number of nitrogens with one attached hydrogen (secondary N) is 1. The summed E-state index contributed by atoms with van der Waals surface area (Å²) in [6, 6.07) is 21.6. The zero-order chi connectivity index (χ0) is 23.7. The molecular weight excluding hydrogens is 420 g/mol. The molecule has 2 aromatic heterocycles. The van der Waals surface area contributed by atoms with Gasteiger partial charge in [-0.25, -0.2) is 0 Å². The molecule has 4 aromatic rings. The van der Waals surface area contributed by atoms with E-state index in [1.807, 2.05) is 35.9 Å². The van der Waals surface area contributed by atoms with Gasteiger partial charge in [0.2, 0.25) is 0 Å². The Hall–Kier alpha value is -3.44. The normalized spacial score (nSPS) is 16.0. The van der Waals surface area contributed by atoms with Crippen LogP contribution in [0.15, 0.2) is 77.9 Å². The molecule has 1 N–H and O–H groups in total. The third-order valence-electron chi connectivity index (χ3n) is 6.87. The van der Waals surface area contributed by atoms with E-state index in [-0.39, 0.29) is 5.56 Å². The third-order valence-corrected chi connectivity index (χ3v) is 6.87. The van der Waals surface area contributed by atoms with Crippen LogP contribution in [-0.4, -0.2) is 34.7 Å². The van der Waals surface area contributed by atoms with Gasteiger partial charge in [-0.3, -0.25) is 14.3 Å². The van der Waals surface area contributed by atoms with E-state index in [0.29, 0.717) is 12.1 Å². The molecule has 0 amide bonds. The molecule has 34 heavy (non-hydrogen) atoms. The van der Waals surface area contributed by atoms with Crippen LogP contribution < -0.4 is 15.8 Å². The number of aromatic nitrogens is 2. The van der Waals surface area contributed by atoms with E-state index in [1.165, 1.54) is 5.39 Å². The Kier molecular flexibility index (Phi) is 6.20. The van der Waals surface area contributed by atoms with Crippen molar-refractivity contribution in [1.82, 2.24) is 14.9 Å². The summed E-state index contributed by atoms with van der Waals surface area (Å²) in [6.07, 6.45) is 5.85. The quantitative estimate of drug-likeness (QED) is 0.435. The van der Waals surface area contributed by atoms with Gasteiger partial charge in [0.25, 0.3) is 5.56 Å². The summed E-state index contributed by atoms with van der Waals surface area (Å²) in [7, 11) is 1.91. The maximum absolute atomic E-state index is 14.0. The molecule has 1 aliphatic rings. The van der Waals surface area contributed by atoms with Crippen LogP contribution in [0.25, 0.3) is 33.0 Å². The molecule has 0 aliphatic carbocycles. The first-order valence-corrected chi connectivity index (χ1v) is 12.2. The first-order valence-electron chi connectivity index (χ1n) is 12.2. The maximum atomic E-state index is 14.0. The number of benzene rings is 2. The van der Waals surface area contributed by atoms with Crippen LogP contribution in [0.5, 0.6) is 0 Å².